The highest BCUT2D eigenvalue weighted by molar-refractivity contribution is 5.85. The van der Waals surface area contributed by atoms with E-state index in [0.717, 1.165) is 25.1 Å². The number of methoxy groups -OCH3 is 1. The van der Waals surface area contributed by atoms with Gasteiger partial charge in [0.1, 0.15) is 12.4 Å². The normalized spacial score (nSPS) is 10.1. The lowest BCUT2D eigenvalue weighted by Crippen LogP contribution is -2.21. The van der Waals surface area contributed by atoms with E-state index in [0.29, 0.717) is 23.6 Å². The van der Waals surface area contributed by atoms with E-state index < -0.39 is 0 Å². The molecule has 0 spiro atoms. The lowest BCUT2D eigenvalue weighted by Gasteiger charge is -2.16. The van der Waals surface area contributed by atoms with Crippen molar-refractivity contribution >= 4 is 24.8 Å². The first kappa shape index (κ1) is 25.5. The molecular formula is C20H29Cl2FN2O2. The molecule has 0 amide bonds. The third kappa shape index (κ3) is 8.35. The van der Waals surface area contributed by atoms with Crippen molar-refractivity contribution in [3.8, 4) is 11.5 Å². The van der Waals surface area contributed by atoms with Crippen molar-refractivity contribution in [1.29, 1.82) is 0 Å². The molecule has 0 atom stereocenters. The minimum atomic E-state index is -0.263. The molecule has 7 heteroatoms. The molecule has 152 valence electrons. The number of rotatable bonds is 10. The van der Waals surface area contributed by atoms with E-state index in [1.807, 2.05) is 18.2 Å². The second kappa shape index (κ2) is 13.6. The van der Waals surface area contributed by atoms with Crippen LogP contribution in [0, 0.1) is 5.82 Å². The zero-order chi connectivity index (χ0) is 18.1. The molecule has 4 nitrogen and oxygen atoms in total. The maximum Gasteiger partial charge on any atom is 0.166 e. The van der Waals surface area contributed by atoms with Crippen LogP contribution in [0.4, 0.5) is 4.39 Å². The summed E-state index contributed by atoms with van der Waals surface area (Å²) in [4.78, 5) is 2.16. The molecule has 2 rings (SSSR count). The summed E-state index contributed by atoms with van der Waals surface area (Å²) in [5.41, 5.74) is 1.53. The highest BCUT2D eigenvalue weighted by Crippen LogP contribution is 2.32. The molecule has 0 aromatic heterocycles. The minimum Gasteiger partial charge on any atom is -0.493 e. The molecular weight excluding hydrogens is 390 g/mol. The van der Waals surface area contributed by atoms with Crippen molar-refractivity contribution in [2.75, 3.05) is 34.3 Å². The van der Waals surface area contributed by atoms with E-state index in [4.69, 9.17) is 9.47 Å². The molecule has 2 aromatic carbocycles. The fraction of sp³-hybridized carbons (Fsp3) is 0.400. The fourth-order valence-corrected chi connectivity index (χ4v) is 2.53. The molecule has 0 heterocycles. The summed E-state index contributed by atoms with van der Waals surface area (Å²) in [6, 6.07) is 12.4. The van der Waals surface area contributed by atoms with Crippen molar-refractivity contribution < 1.29 is 13.9 Å². The summed E-state index contributed by atoms with van der Waals surface area (Å²) in [5.74, 6) is 1.05. The van der Waals surface area contributed by atoms with Gasteiger partial charge in [-0.3, -0.25) is 0 Å². The summed E-state index contributed by atoms with van der Waals surface area (Å²) in [5, 5.41) is 3.42. The maximum absolute atomic E-state index is 13.8. The van der Waals surface area contributed by atoms with Gasteiger partial charge in [-0.15, -0.1) is 24.8 Å². The molecule has 0 aliphatic carbocycles. The average Bonchev–Trinajstić information content (AvgIpc) is 2.61. The van der Waals surface area contributed by atoms with Gasteiger partial charge in [0.25, 0.3) is 0 Å². The molecule has 0 bridgehead atoms. The van der Waals surface area contributed by atoms with Gasteiger partial charge in [0, 0.05) is 17.7 Å². The Labute approximate surface area is 173 Å². The Kier molecular flexibility index (Phi) is 12.8. The Morgan fingerprint density at radius 2 is 1.70 bits per heavy atom. The monoisotopic (exact) mass is 418 g/mol. The van der Waals surface area contributed by atoms with Gasteiger partial charge in [-0.05, 0) is 45.7 Å². The van der Waals surface area contributed by atoms with Gasteiger partial charge < -0.3 is 19.7 Å². The summed E-state index contributed by atoms with van der Waals surface area (Å²) in [6.07, 6.45) is 1.07. The molecule has 0 aliphatic rings. The molecule has 0 unspecified atom stereocenters. The van der Waals surface area contributed by atoms with Crippen LogP contribution in [0.5, 0.6) is 11.5 Å². The predicted octanol–water partition coefficient (Wildman–Crippen LogP) is 4.30. The van der Waals surface area contributed by atoms with Gasteiger partial charge in [0.15, 0.2) is 11.5 Å². The van der Waals surface area contributed by atoms with E-state index in [1.54, 1.807) is 25.3 Å². The van der Waals surface area contributed by atoms with Crippen LogP contribution < -0.4 is 14.8 Å². The SMILES string of the molecule is COc1cccc(CNCCCN(C)C)c1OCc1ccccc1F.Cl.Cl. The standard InChI is InChI=1S/C20H27FN2O2.2ClH/c1-23(2)13-7-12-22-14-16-9-6-11-19(24-3)20(16)25-15-17-8-4-5-10-18(17)21;;/h4-6,8-11,22H,7,12-15H2,1-3H3;2*1H. The van der Waals surface area contributed by atoms with Gasteiger partial charge in [-0.25, -0.2) is 4.39 Å². The molecule has 0 saturated heterocycles. The molecule has 27 heavy (non-hydrogen) atoms. The molecule has 0 aliphatic heterocycles. The Morgan fingerprint density at radius 1 is 1.00 bits per heavy atom. The van der Waals surface area contributed by atoms with Gasteiger partial charge in [0.2, 0.25) is 0 Å². The van der Waals surface area contributed by atoms with Crippen LogP contribution in [-0.4, -0.2) is 39.2 Å². The van der Waals surface area contributed by atoms with E-state index in [2.05, 4.69) is 24.3 Å². The van der Waals surface area contributed by atoms with E-state index in [9.17, 15) is 4.39 Å². The molecule has 0 fully saturated rings. The topological polar surface area (TPSA) is 33.7 Å². The van der Waals surface area contributed by atoms with Crippen LogP contribution in [-0.2, 0) is 13.2 Å². The number of halogens is 3. The summed E-state index contributed by atoms with van der Waals surface area (Å²) >= 11 is 0. The number of benzene rings is 2. The Morgan fingerprint density at radius 3 is 2.37 bits per heavy atom. The lowest BCUT2D eigenvalue weighted by molar-refractivity contribution is 0.276. The third-order valence-corrected chi connectivity index (χ3v) is 3.88. The van der Waals surface area contributed by atoms with Gasteiger partial charge >= 0.3 is 0 Å². The minimum absolute atomic E-state index is 0. The van der Waals surface area contributed by atoms with Crippen LogP contribution >= 0.6 is 24.8 Å². The number of hydrogen-bond acceptors (Lipinski definition) is 4. The van der Waals surface area contributed by atoms with Gasteiger partial charge in [-0.2, -0.15) is 0 Å². The van der Waals surface area contributed by atoms with Gasteiger partial charge in [-0.1, -0.05) is 30.3 Å². The van der Waals surface area contributed by atoms with Crippen molar-refractivity contribution in [3.63, 3.8) is 0 Å². The Bertz CT molecular complexity index is 672. The van der Waals surface area contributed by atoms with Crippen LogP contribution in [0.2, 0.25) is 0 Å². The van der Waals surface area contributed by atoms with E-state index in [1.165, 1.54) is 6.07 Å². The number of hydrogen-bond donors (Lipinski definition) is 1. The number of nitrogens with one attached hydrogen (secondary N) is 1. The summed E-state index contributed by atoms with van der Waals surface area (Å²) in [7, 11) is 5.74. The van der Waals surface area contributed by atoms with Crippen LogP contribution in [0.25, 0.3) is 0 Å². The van der Waals surface area contributed by atoms with Crippen LogP contribution in [0.3, 0.4) is 0 Å². The zero-order valence-electron chi connectivity index (χ0n) is 16.0. The maximum atomic E-state index is 13.8. The first-order valence-corrected chi connectivity index (χ1v) is 8.49. The second-order valence-corrected chi connectivity index (χ2v) is 6.16. The molecule has 0 saturated carbocycles. The van der Waals surface area contributed by atoms with E-state index >= 15 is 0 Å². The van der Waals surface area contributed by atoms with Crippen LogP contribution in [0.15, 0.2) is 42.5 Å². The lowest BCUT2D eigenvalue weighted by atomic mass is 10.1. The van der Waals surface area contributed by atoms with Crippen LogP contribution in [0.1, 0.15) is 17.5 Å². The third-order valence-electron chi connectivity index (χ3n) is 3.88. The number of ether oxygens (including phenoxy) is 2. The van der Waals surface area contributed by atoms with Crippen molar-refractivity contribution in [2.45, 2.75) is 19.6 Å². The number of para-hydroxylation sites is 1. The Balaban J connectivity index is 0.00000338. The van der Waals surface area contributed by atoms with E-state index in [-0.39, 0.29) is 37.2 Å². The Hall–Kier alpha value is -1.53. The molecule has 1 N–H and O–H groups in total. The predicted molar refractivity (Wildman–Crippen MR) is 113 cm³/mol. The first-order chi connectivity index (χ1) is 12.1. The highest BCUT2D eigenvalue weighted by atomic mass is 35.5. The molecule has 0 radical (unpaired) electrons. The smallest absolute Gasteiger partial charge is 0.166 e. The fourth-order valence-electron chi connectivity index (χ4n) is 2.53. The first-order valence-electron chi connectivity index (χ1n) is 8.49. The molecule has 2 aromatic rings. The van der Waals surface area contributed by atoms with Gasteiger partial charge in [0.05, 0.1) is 7.11 Å². The van der Waals surface area contributed by atoms with Crippen molar-refractivity contribution in [3.05, 3.63) is 59.4 Å². The summed E-state index contributed by atoms with van der Waals surface area (Å²) < 4.78 is 25.1. The van der Waals surface area contributed by atoms with Crippen molar-refractivity contribution in [2.24, 2.45) is 0 Å². The second-order valence-electron chi connectivity index (χ2n) is 6.16. The quantitative estimate of drug-likeness (QED) is 0.583. The highest BCUT2D eigenvalue weighted by Gasteiger charge is 2.12. The largest absolute Gasteiger partial charge is 0.493 e. The number of nitrogens with zero attached hydrogens (tertiary/aromatic N) is 1. The average molecular weight is 419 g/mol. The zero-order valence-corrected chi connectivity index (χ0v) is 17.7. The summed E-state index contributed by atoms with van der Waals surface area (Å²) in [6.45, 7) is 2.81. The van der Waals surface area contributed by atoms with Crippen molar-refractivity contribution in [1.82, 2.24) is 10.2 Å².